The number of nitrogens with zero attached hydrogens (tertiary/aromatic N) is 1. The molecular weight excluding hydrogens is 376 g/mol. The summed E-state index contributed by atoms with van der Waals surface area (Å²) in [6.45, 7) is 0.684. The molecule has 0 saturated heterocycles. The fourth-order valence-corrected chi connectivity index (χ4v) is 3.28. The second-order valence-corrected chi connectivity index (χ2v) is 8.14. The molecule has 1 saturated carbocycles. The highest BCUT2D eigenvalue weighted by Gasteiger charge is 2.29. The largest absolute Gasteiger partial charge is 0.326 e. The fraction of sp³-hybridized carbons (Fsp3) is 0.350. The van der Waals surface area contributed by atoms with Crippen molar-refractivity contribution in [2.24, 2.45) is 5.92 Å². The SMILES string of the molecule is CN(C)CCC(=O)Nc1ccc(NC(=O)c2ccc(NC(=O)C3CC3)s2)cc1. The highest BCUT2D eigenvalue weighted by Crippen LogP contribution is 2.31. The molecule has 0 unspecified atom stereocenters. The molecule has 3 amide bonds. The van der Waals surface area contributed by atoms with Gasteiger partial charge in [-0.3, -0.25) is 14.4 Å². The van der Waals surface area contributed by atoms with Gasteiger partial charge in [-0.05, 0) is 63.3 Å². The van der Waals surface area contributed by atoms with Gasteiger partial charge in [0.2, 0.25) is 11.8 Å². The highest BCUT2D eigenvalue weighted by atomic mass is 32.1. The molecule has 3 rings (SSSR count). The molecule has 1 aromatic carbocycles. The number of rotatable bonds is 8. The first-order chi connectivity index (χ1) is 13.4. The van der Waals surface area contributed by atoms with Crippen LogP contribution in [-0.2, 0) is 9.59 Å². The van der Waals surface area contributed by atoms with Gasteiger partial charge in [0.25, 0.3) is 5.91 Å². The molecule has 1 aromatic heterocycles. The molecule has 8 heteroatoms. The van der Waals surface area contributed by atoms with E-state index in [1.807, 2.05) is 19.0 Å². The quantitative estimate of drug-likeness (QED) is 0.634. The van der Waals surface area contributed by atoms with Gasteiger partial charge >= 0.3 is 0 Å². The lowest BCUT2D eigenvalue weighted by Gasteiger charge is -2.10. The molecule has 0 bridgehead atoms. The number of amides is 3. The fourth-order valence-electron chi connectivity index (χ4n) is 2.47. The maximum atomic E-state index is 12.4. The van der Waals surface area contributed by atoms with Crippen molar-refractivity contribution in [2.75, 3.05) is 36.6 Å². The van der Waals surface area contributed by atoms with Gasteiger partial charge in [0, 0.05) is 30.3 Å². The first kappa shape index (κ1) is 20.0. The third-order valence-electron chi connectivity index (χ3n) is 4.24. The number of hydrogen-bond acceptors (Lipinski definition) is 5. The molecule has 1 aliphatic rings. The van der Waals surface area contributed by atoms with E-state index in [2.05, 4.69) is 16.0 Å². The molecule has 0 aliphatic heterocycles. The molecule has 2 aromatic rings. The highest BCUT2D eigenvalue weighted by molar-refractivity contribution is 7.18. The summed E-state index contributed by atoms with van der Waals surface area (Å²) in [4.78, 5) is 38.5. The Morgan fingerprint density at radius 1 is 0.964 bits per heavy atom. The van der Waals surface area contributed by atoms with E-state index in [1.165, 1.54) is 11.3 Å². The molecule has 3 N–H and O–H groups in total. The number of anilines is 3. The molecule has 1 aliphatic carbocycles. The second kappa shape index (κ2) is 8.99. The topological polar surface area (TPSA) is 90.5 Å². The van der Waals surface area contributed by atoms with Crippen LogP contribution in [0, 0.1) is 5.92 Å². The van der Waals surface area contributed by atoms with Crippen molar-refractivity contribution in [2.45, 2.75) is 19.3 Å². The van der Waals surface area contributed by atoms with Gasteiger partial charge < -0.3 is 20.9 Å². The summed E-state index contributed by atoms with van der Waals surface area (Å²) >= 11 is 1.25. The summed E-state index contributed by atoms with van der Waals surface area (Å²) in [5, 5.41) is 9.17. The smallest absolute Gasteiger partial charge is 0.265 e. The second-order valence-electron chi connectivity index (χ2n) is 7.06. The lowest BCUT2D eigenvalue weighted by molar-refractivity contribution is -0.117. The van der Waals surface area contributed by atoms with Gasteiger partial charge in [0.15, 0.2) is 0 Å². The predicted molar refractivity (Wildman–Crippen MR) is 112 cm³/mol. The lowest BCUT2D eigenvalue weighted by Crippen LogP contribution is -2.20. The maximum absolute atomic E-state index is 12.4. The van der Waals surface area contributed by atoms with Crippen molar-refractivity contribution in [1.29, 1.82) is 0 Å². The van der Waals surface area contributed by atoms with Gasteiger partial charge in [-0.15, -0.1) is 11.3 Å². The normalized spacial score (nSPS) is 13.2. The lowest BCUT2D eigenvalue weighted by atomic mass is 10.2. The summed E-state index contributed by atoms with van der Waals surface area (Å²) < 4.78 is 0. The molecule has 0 radical (unpaired) electrons. The van der Waals surface area contributed by atoms with Crippen LogP contribution in [0.4, 0.5) is 16.4 Å². The molecule has 28 heavy (non-hydrogen) atoms. The number of nitrogens with one attached hydrogen (secondary N) is 3. The first-order valence-electron chi connectivity index (χ1n) is 9.17. The van der Waals surface area contributed by atoms with E-state index in [1.54, 1.807) is 36.4 Å². The Bertz CT molecular complexity index is 857. The Balaban J connectivity index is 1.50. The number of carbonyl (C=O) groups excluding carboxylic acids is 3. The summed E-state index contributed by atoms with van der Waals surface area (Å²) in [5.74, 6) is -0.136. The first-order valence-corrected chi connectivity index (χ1v) is 9.99. The van der Waals surface area contributed by atoms with Gasteiger partial charge in [-0.2, -0.15) is 0 Å². The zero-order valence-corrected chi connectivity index (χ0v) is 16.8. The minimum atomic E-state index is -0.236. The van der Waals surface area contributed by atoms with E-state index in [4.69, 9.17) is 0 Å². The van der Waals surface area contributed by atoms with Crippen molar-refractivity contribution in [3.63, 3.8) is 0 Å². The van der Waals surface area contributed by atoms with Crippen LogP contribution in [-0.4, -0.2) is 43.3 Å². The van der Waals surface area contributed by atoms with Crippen LogP contribution in [0.5, 0.6) is 0 Å². The zero-order chi connectivity index (χ0) is 20.1. The van der Waals surface area contributed by atoms with E-state index in [0.29, 0.717) is 34.2 Å². The van der Waals surface area contributed by atoms with Crippen LogP contribution in [0.1, 0.15) is 28.9 Å². The summed E-state index contributed by atoms with van der Waals surface area (Å²) in [5.41, 5.74) is 1.32. The van der Waals surface area contributed by atoms with Gasteiger partial charge in [0.1, 0.15) is 0 Å². The molecular formula is C20H24N4O3S. The Hall–Kier alpha value is -2.71. The van der Waals surface area contributed by atoms with Crippen molar-refractivity contribution >= 4 is 45.4 Å². The van der Waals surface area contributed by atoms with Gasteiger partial charge in [0.05, 0.1) is 9.88 Å². The van der Waals surface area contributed by atoms with E-state index in [9.17, 15) is 14.4 Å². The van der Waals surface area contributed by atoms with Crippen molar-refractivity contribution in [1.82, 2.24) is 4.90 Å². The van der Waals surface area contributed by atoms with Crippen LogP contribution >= 0.6 is 11.3 Å². The van der Waals surface area contributed by atoms with E-state index in [0.717, 1.165) is 12.8 Å². The van der Waals surface area contributed by atoms with Crippen molar-refractivity contribution in [3.8, 4) is 0 Å². The molecule has 7 nitrogen and oxygen atoms in total. The third-order valence-corrected chi connectivity index (χ3v) is 5.24. The van der Waals surface area contributed by atoms with E-state index < -0.39 is 0 Å². The number of hydrogen-bond donors (Lipinski definition) is 3. The van der Waals surface area contributed by atoms with Crippen molar-refractivity contribution < 1.29 is 14.4 Å². The zero-order valence-electron chi connectivity index (χ0n) is 16.0. The molecule has 0 spiro atoms. The third kappa shape index (κ3) is 5.90. The average Bonchev–Trinajstić information content (AvgIpc) is 3.41. The molecule has 0 atom stereocenters. The summed E-state index contributed by atoms with van der Waals surface area (Å²) in [6.07, 6.45) is 2.30. The van der Waals surface area contributed by atoms with E-state index in [-0.39, 0.29) is 23.6 Å². The van der Waals surface area contributed by atoms with E-state index >= 15 is 0 Å². The molecule has 1 heterocycles. The minimum absolute atomic E-state index is 0.0250. The van der Waals surface area contributed by atoms with Crippen LogP contribution in [0.2, 0.25) is 0 Å². The number of carbonyl (C=O) groups is 3. The molecule has 1 fully saturated rings. The average molecular weight is 401 g/mol. The van der Waals surface area contributed by atoms with Gasteiger partial charge in [-0.1, -0.05) is 0 Å². The monoisotopic (exact) mass is 400 g/mol. The van der Waals surface area contributed by atoms with Crippen LogP contribution < -0.4 is 16.0 Å². The Morgan fingerprint density at radius 2 is 1.61 bits per heavy atom. The van der Waals surface area contributed by atoms with Crippen molar-refractivity contribution in [3.05, 3.63) is 41.3 Å². The van der Waals surface area contributed by atoms with Crippen LogP contribution in [0.25, 0.3) is 0 Å². The summed E-state index contributed by atoms with van der Waals surface area (Å²) in [6, 6.07) is 10.4. The number of thiophene rings is 1. The Kier molecular flexibility index (Phi) is 6.43. The predicted octanol–water partition coefficient (Wildman–Crippen LogP) is 3.24. The molecule has 148 valence electrons. The summed E-state index contributed by atoms with van der Waals surface area (Å²) in [7, 11) is 3.84. The van der Waals surface area contributed by atoms with Crippen LogP contribution in [0.15, 0.2) is 36.4 Å². The standard InChI is InChI=1S/C20H24N4O3S/c1-24(2)12-11-17(25)21-14-5-7-15(8-6-14)22-20(27)16-9-10-18(28-16)23-19(26)13-3-4-13/h5-10,13H,3-4,11-12H2,1-2H3,(H,21,25)(H,22,27)(H,23,26). The van der Waals surface area contributed by atoms with Crippen LogP contribution in [0.3, 0.4) is 0 Å². The Morgan fingerprint density at radius 3 is 2.21 bits per heavy atom. The number of benzene rings is 1. The minimum Gasteiger partial charge on any atom is -0.326 e. The maximum Gasteiger partial charge on any atom is 0.265 e. The Labute approximate surface area is 168 Å². The van der Waals surface area contributed by atoms with Gasteiger partial charge in [-0.25, -0.2) is 0 Å².